The van der Waals surface area contributed by atoms with Crippen molar-refractivity contribution in [3.05, 3.63) is 58.3 Å². The fourth-order valence-electron chi connectivity index (χ4n) is 3.24. The Kier molecular flexibility index (Phi) is 5.15. The first-order valence-corrected chi connectivity index (χ1v) is 8.97. The van der Waals surface area contributed by atoms with Crippen LogP contribution >= 0.6 is 11.3 Å². The van der Waals surface area contributed by atoms with E-state index in [1.54, 1.807) is 11.3 Å². The lowest BCUT2D eigenvalue weighted by Gasteiger charge is -2.26. The molecular formula is C18H21N3O2S. The number of benzene rings is 1. The van der Waals surface area contributed by atoms with Crippen LogP contribution in [0.1, 0.15) is 41.8 Å². The van der Waals surface area contributed by atoms with E-state index in [0.717, 1.165) is 24.9 Å². The molecule has 0 radical (unpaired) electrons. The van der Waals surface area contributed by atoms with Crippen molar-refractivity contribution in [1.82, 2.24) is 10.2 Å². The first-order chi connectivity index (χ1) is 11.6. The Morgan fingerprint density at radius 2 is 2.04 bits per heavy atom. The maximum atomic E-state index is 12.9. The molecule has 24 heavy (non-hydrogen) atoms. The SMILES string of the molecule is NC(=O)NC(CC(=O)N1CCCC1c1cccs1)c1ccccc1. The van der Waals surface area contributed by atoms with Gasteiger partial charge in [-0.25, -0.2) is 4.79 Å². The van der Waals surface area contributed by atoms with E-state index in [4.69, 9.17) is 5.73 Å². The molecular weight excluding hydrogens is 322 g/mol. The minimum atomic E-state index is -0.618. The Morgan fingerprint density at radius 1 is 1.25 bits per heavy atom. The van der Waals surface area contributed by atoms with Crippen molar-refractivity contribution < 1.29 is 9.59 Å². The van der Waals surface area contributed by atoms with E-state index in [-0.39, 0.29) is 18.4 Å². The molecule has 1 fully saturated rings. The number of thiophene rings is 1. The monoisotopic (exact) mass is 343 g/mol. The van der Waals surface area contributed by atoms with Crippen LogP contribution in [0.4, 0.5) is 4.79 Å². The average Bonchev–Trinajstić information content (AvgIpc) is 3.25. The second-order valence-electron chi connectivity index (χ2n) is 5.94. The zero-order valence-electron chi connectivity index (χ0n) is 13.4. The van der Waals surface area contributed by atoms with E-state index in [2.05, 4.69) is 11.4 Å². The summed E-state index contributed by atoms with van der Waals surface area (Å²) in [5, 5.41) is 4.73. The summed E-state index contributed by atoms with van der Waals surface area (Å²) in [4.78, 5) is 27.3. The van der Waals surface area contributed by atoms with Gasteiger partial charge < -0.3 is 16.0 Å². The summed E-state index contributed by atoms with van der Waals surface area (Å²) in [6.07, 6.45) is 2.22. The zero-order valence-corrected chi connectivity index (χ0v) is 14.2. The molecule has 1 aromatic heterocycles. The molecule has 0 saturated carbocycles. The number of rotatable bonds is 5. The number of carbonyl (C=O) groups is 2. The molecule has 0 spiro atoms. The molecule has 6 heteroatoms. The van der Waals surface area contributed by atoms with Crippen molar-refractivity contribution in [2.45, 2.75) is 31.3 Å². The summed E-state index contributed by atoms with van der Waals surface area (Å²) in [7, 11) is 0. The molecule has 1 aromatic carbocycles. The van der Waals surface area contributed by atoms with E-state index in [1.165, 1.54) is 4.88 Å². The van der Waals surface area contributed by atoms with Crippen LogP contribution in [-0.4, -0.2) is 23.4 Å². The van der Waals surface area contributed by atoms with Crippen LogP contribution in [0.25, 0.3) is 0 Å². The van der Waals surface area contributed by atoms with Crippen LogP contribution < -0.4 is 11.1 Å². The number of hydrogen-bond acceptors (Lipinski definition) is 3. The minimum Gasteiger partial charge on any atom is -0.352 e. The number of nitrogens with zero attached hydrogens (tertiary/aromatic N) is 1. The Balaban J connectivity index is 1.74. The van der Waals surface area contributed by atoms with Crippen molar-refractivity contribution in [3.8, 4) is 0 Å². The lowest BCUT2D eigenvalue weighted by molar-refractivity contribution is -0.132. The van der Waals surface area contributed by atoms with Crippen molar-refractivity contribution in [2.24, 2.45) is 5.73 Å². The first-order valence-electron chi connectivity index (χ1n) is 8.09. The molecule has 0 aliphatic carbocycles. The van der Waals surface area contributed by atoms with E-state index in [1.807, 2.05) is 46.7 Å². The second kappa shape index (κ2) is 7.49. The smallest absolute Gasteiger partial charge is 0.312 e. The predicted molar refractivity (Wildman–Crippen MR) is 94.5 cm³/mol. The number of primary amides is 1. The van der Waals surface area contributed by atoms with Gasteiger partial charge in [-0.05, 0) is 29.9 Å². The number of carbonyl (C=O) groups excluding carboxylic acids is 2. The molecule has 126 valence electrons. The molecule has 2 heterocycles. The summed E-state index contributed by atoms with van der Waals surface area (Å²) in [5.74, 6) is 0.0495. The van der Waals surface area contributed by atoms with Crippen LogP contribution in [0.15, 0.2) is 47.8 Å². The average molecular weight is 343 g/mol. The van der Waals surface area contributed by atoms with Crippen LogP contribution in [-0.2, 0) is 4.79 Å². The Morgan fingerprint density at radius 3 is 2.71 bits per heavy atom. The maximum absolute atomic E-state index is 12.9. The van der Waals surface area contributed by atoms with Gasteiger partial charge in [0, 0.05) is 11.4 Å². The van der Waals surface area contributed by atoms with Gasteiger partial charge in [0.2, 0.25) is 5.91 Å². The van der Waals surface area contributed by atoms with Gasteiger partial charge in [0.05, 0.1) is 18.5 Å². The fraction of sp³-hybridized carbons (Fsp3) is 0.333. The molecule has 3 rings (SSSR count). The highest BCUT2D eigenvalue weighted by Gasteiger charge is 2.32. The summed E-state index contributed by atoms with van der Waals surface area (Å²) in [6.45, 7) is 0.763. The van der Waals surface area contributed by atoms with Crippen molar-refractivity contribution in [1.29, 1.82) is 0 Å². The summed E-state index contributed by atoms with van der Waals surface area (Å²) in [6, 6.07) is 12.7. The molecule has 1 saturated heterocycles. The zero-order chi connectivity index (χ0) is 16.9. The van der Waals surface area contributed by atoms with Gasteiger partial charge >= 0.3 is 6.03 Å². The quantitative estimate of drug-likeness (QED) is 0.875. The molecule has 1 aliphatic heterocycles. The third-order valence-corrected chi connectivity index (χ3v) is 5.32. The summed E-state index contributed by atoms with van der Waals surface area (Å²) >= 11 is 1.68. The topological polar surface area (TPSA) is 75.4 Å². The number of urea groups is 1. The van der Waals surface area contributed by atoms with Gasteiger partial charge in [0.1, 0.15) is 0 Å². The standard InChI is InChI=1S/C18H21N3O2S/c19-18(23)20-14(13-6-2-1-3-7-13)12-17(22)21-10-4-8-15(21)16-9-5-11-24-16/h1-3,5-7,9,11,14-15H,4,8,10,12H2,(H3,19,20,23). The van der Waals surface area contributed by atoms with Crippen LogP contribution in [0.5, 0.6) is 0 Å². The van der Waals surface area contributed by atoms with E-state index in [9.17, 15) is 9.59 Å². The van der Waals surface area contributed by atoms with Gasteiger partial charge in [-0.3, -0.25) is 4.79 Å². The van der Waals surface area contributed by atoms with Crippen LogP contribution in [0.3, 0.4) is 0 Å². The Labute approximate surface area is 145 Å². The second-order valence-corrected chi connectivity index (χ2v) is 6.92. The number of nitrogens with two attached hydrogens (primary N) is 1. The lowest BCUT2D eigenvalue weighted by Crippen LogP contribution is -2.38. The lowest BCUT2D eigenvalue weighted by atomic mass is 10.0. The molecule has 3 amide bonds. The van der Waals surface area contributed by atoms with Gasteiger partial charge in [0.15, 0.2) is 0 Å². The highest BCUT2D eigenvalue weighted by Crippen LogP contribution is 2.35. The Hall–Kier alpha value is -2.34. The van der Waals surface area contributed by atoms with Crippen molar-refractivity contribution in [3.63, 3.8) is 0 Å². The molecule has 0 bridgehead atoms. The molecule has 2 unspecified atom stereocenters. The van der Waals surface area contributed by atoms with Crippen LogP contribution in [0, 0.1) is 0 Å². The summed E-state index contributed by atoms with van der Waals surface area (Å²) < 4.78 is 0. The number of nitrogens with one attached hydrogen (secondary N) is 1. The highest BCUT2D eigenvalue weighted by molar-refractivity contribution is 7.10. The van der Waals surface area contributed by atoms with Crippen molar-refractivity contribution >= 4 is 23.3 Å². The predicted octanol–water partition coefficient (Wildman–Crippen LogP) is 3.21. The van der Waals surface area contributed by atoms with Gasteiger partial charge in [0.25, 0.3) is 0 Å². The third-order valence-electron chi connectivity index (χ3n) is 4.34. The Bertz CT molecular complexity index is 688. The van der Waals surface area contributed by atoms with Crippen LogP contribution in [0.2, 0.25) is 0 Å². The fourth-order valence-corrected chi connectivity index (χ4v) is 4.12. The highest BCUT2D eigenvalue weighted by atomic mass is 32.1. The van der Waals surface area contributed by atoms with Gasteiger partial charge in [-0.15, -0.1) is 11.3 Å². The third kappa shape index (κ3) is 3.76. The molecule has 5 nitrogen and oxygen atoms in total. The first kappa shape index (κ1) is 16.5. The number of hydrogen-bond donors (Lipinski definition) is 2. The van der Waals surface area contributed by atoms with E-state index < -0.39 is 12.1 Å². The largest absolute Gasteiger partial charge is 0.352 e. The molecule has 1 aliphatic rings. The van der Waals surface area contributed by atoms with Gasteiger partial charge in [-0.1, -0.05) is 36.4 Å². The normalized spacial score (nSPS) is 18.3. The summed E-state index contributed by atoms with van der Waals surface area (Å²) in [5.41, 5.74) is 6.18. The number of likely N-dealkylation sites (tertiary alicyclic amines) is 1. The minimum absolute atomic E-state index is 0.0495. The van der Waals surface area contributed by atoms with Gasteiger partial charge in [-0.2, -0.15) is 0 Å². The number of amides is 3. The van der Waals surface area contributed by atoms with E-state index >= 15 is 0 Å². The maximum Gasteiger partial charge on any atom is 0.312 e. The molecule has 2 atom stereocenters. The van der Waals surface area contributed by atoms with E-state index in [0.29, 0.717) is 0 Å². The molecule has 2 aromatic rings. The van der Waals surface area contributed by atoms with Crippen molar-refractivity contribution in [2.75, 3.05) is 6.54 Å². The molecule has 3 N–H and O–H groups in total.